The van der Waals surface area contributed by atoms with Crippen LogP contribution in [0.25, 0.3) is 0 Å². The van der Waals surface area contributed by atoms with Gasteiger partial charge in [0.15, 0.2) is 0 Å². The number of hydrogen-bond acceptors (Lipinski definition) is 5. The van der Waals surface area contributed by atoms with Crippen LogP contribution in [-0.4, -0.2) is 27.7 Å². The van der Waals surface area contributed by atoms with E-state index in [4.69, 9.17) is 0 Å². The maximum Gasteiger partial charge on any atom is 0.271 e. The van der Waals surface area contributed by atoms with Gasteiger partial charge in [-0.15, -0.1) is 0 Å². The van der Waals surface area contributed by atoms with Crippen LogP contribution in [0.5, 0.6) is 11.5 Å². The minimum atomic E-state index is -0.567. The number of hydrazone groups is 1. The van der Waals surface area contributed by atoms with E-state index in [0.29, 0.717) is 17.0 Å². The highest BCUT2D eigenvalue weighted by atomic mass is 16.3. The van der Waals surface area contributed by atoms with Gasteiger partial charge in [-0.25, -0.2) is 5.43 Å². The van der Waals surface area contributed by atoms with Crippen LogP contribution in [0.3, 0.4) is 0 Å². The zero-order chi connectivity index (χ0) is 20.8. The van der Waals surface area contributed by atoms with Gasteiger partial charge in [0, 0.05) is 22.9 Å². The summed E-state index contributed by atoms with van der Waals surface area (Å²) in [6.07, 6.45) is 0. The fraction of sp³-hybridized carbons (Fsp3) is 0.0455. The molecule has 0 spiro atoms. The third kappa shape index (κ3) is 5.20. The summed E-state index contributed by atoms with van der Waals surface area (Å²) in [5.74, 6) is -1.21. The average molecular weight is 389 g/mol. The van der Waals surface area contributed by atoms with Crippen molar-refractivity contribution in [2.24, 2.45) is 5.10 Å². The van der Waals surface area contributed by atoms with Gasteiger partial charge in [-0.3, -0.25) is 9.59 Å². The van der Waals surface area contributed by atoms with Crippen molar-refractivity contribution in [1.29, 1.82) is 0 Å². The van der Waals surface area contributed by atoms with Crippen molar-refractivity contribution in [2.75, 3.05) is 5.32 Å². The van der Waals surface area contributed by atoms with E-state index in [1.165, 1.54) is 12.1 Å². The molecule has 0 saturated heterocycles. The second kappa shape index (κ2) is 8.71. The number of rotatable bonds is 5. The predicted octanol–water partition coefficient (Wildman–Crippen LogP) is 3.50. The Balaban J connectivity index is 1.64. The van der Waals surface area contributed by atoms with Gasteiger partial charge in [-0.1, -0.05) is 30.3 Å². The summed E-state index contributed by atoms with van der Waals surface area (Å²) in [6, 6.07) is 19.5. The van der Waals surface area contributed by atoms with Crippen LogP contribution in [0.4, 0.5) is 5.69 Å². The maximum atomic E-state index is 12.2. The van der Waals surface area contributed by atoms with Crippen molar-refractivity contribution >= 4 is 23.2 Å². The molecule has 29 heavy (non-hydrogen) atoms. The smallest absolute Gasteiger partial charge is 0.271 e. The molecule has 4 N–H and O–H groups in total. The molecule has 0 aliphatic carbocycles. The third-order valence-electron chi connectivity index (χ3n) is 4.09. The lowest BCUT2D eigenvalue weighted by Gasteiger charge is -2.07. The highest BCUT2D eigenvalue weighted by Crippen LogP contribution is 2.20. The number of carbonyl (C=O) groups excluding carboxylic acids is 2. The van der Waals surface area contributed by atoms with Crippen molar-refractivity contribution in [3.63, 3.8) is 0 Å². The standard InChI is InChI=1S/C22H19N3O4/c1-14(24-25-22(29)17-11-19(26)13-20(27)12-17)15-7-9-18(10-8-15)23-21(28)16-5-3-2-4-6-16/h2-13,26-27H,1H3,(H,23,28)(H,25,29)/b24-14+. The lowest BCUT2D eigenvalue weighted by molar-refractivity contribution is 0.0953. The number of aromatic hydroxyl groups is 2. The Morgan fingerprint density at radius 1 is 0.759 bits per heavy atom. The van der Waals surface area contributed by atoms with Crippen molar-refractivity contribution in [1.82, 2.24) is 5.43 Å². The van der Waals surface area contributed by atoms with Crippen LogP contribution >= 0.6 is 0 Å². The molecule has 0 aromatic heterocycles. The number of carbonyl (C=O) groups is 2. The van der Waals surface area contributed by atoms with Gasteiger partial charge in [-0.2, -0.15) is 5.10 Å². The number of hydrogen-bond donors (Lipinski definition) is 4. The molecular weight excluding hydrogens is 370 g/mol. The molecule has 146 valence electrons. The molecule has 0 atom stereocenters. The van der Waals surface area contributed by atoms with E-state index >= 15 is 0 Å². The number of amides is 2. The first-order chi connectivity index (χ1) is 13.9. The van der Waals surface area contributed by atoms with Gasteiger partial charge < -0.3 is 15.5 Å². The number of anilines is 1. The topological polar surface area (TPSA) is 111 Å². The van der Waals surface area contributed by atoms with Crippen molar-refractivity contribution in [2.45, 2.75) is 6.92 Å². The molecule has 0 heterocycles. The number of phenols is 2. The zero-order valence-electron chi connectivity index (χ0n) is 15.6. The van der Waals surface area contributed by atoms with Gasteiger partial charge >= 0.3 is 0 Å². The summed E-state index contributed by atoms with van der Waals surface area (Å²) in [6.45, 7) is 1.72. The first-order valence-electron chi connectivity index (χ1n) is 8.77. The fourth-order valence-corrected chi connectivity index (χ4v) is 2.58. The summed E-state index contributed by atoms with van der Waals surface area (Å²) in [7, 11) is 0. The molecular formula is C22H19N3O4. The molecule has 0 unspecified atom stereocenters. The Morgan fingerprint density at radius 2 is 1.38 bits per heavy atom. The van der Waals surface area contributed by atoms with Crippen molar-refractivity contribution < 1.29 is 19.8 Å². The average Bonchev–Trinajstić information content (AvgIpc) is 2.72. The molecule has 3 rings (SSSR count). The van der Waals surface area contributed by atoms with E-state index in [1.807, 2.05) is 6.07 Å². The molecule has 0 aliphatic heterocycles. The summed E-state index contributed by atoms with van der Waals surface area (Å²) >= 11 is 0. The van der Waals surface area contributed by atoms with E-state index in [-0.39, 0.29) is 23.0 Å². The largest absolute Gasteiger partial charge is 0.508 e. The van der Waals surface area contributed by atoms with Gasteiger partial charge in [0.25, 0.3) is 11.8 Å². The van der Waals surface area contributed by atoms with Gasteiger partial charge in [0.1, 0.15) is 11.5 Å². The molecule has 0 aliphatic rings. The molecule has 0 saturated carbocycles. The van der Waals surface area contributed by atoms with Crippen LogP contribution in [0.15, 0.2) is 77.9 Å². The van der Waals surface area contributed by atoms with Gasteiger partial charge in [0.2, 0.25) is 0 Å². The molecule has 7 heteroatoms. The number of phenolic OH excluding ortho intramolecular Hbond substituents is 2. The van der Waals surface area contributed by atoms with Gasteiger partial charge in [0.05, 0.1) is 5.71 Å². The van der Waals surface area contributed by atoms with Crippen LogP contribution in [0.2, 0.25) is 0 Å². The molecule has 0 bridgehead atoms. The van der Waals surface area contributed by atoms with Crippen LogP contribution < -0.4 is 10.7 Å². The van der Waals surface area contributed by atoms with E-state index in [9.17, 15) is 19.8 Å². The third-order valence-corrected chi connectivity index (χ3v) is 4.09. The normalized spacial score (nSPS) is 11.0. The molecule has 2 amide bonds. The van der Waals surface area contributed by atoms with Crippen LogP contribution in [0.1, 0.15) is 33.2 Å². The van der Waals surface area contributed by atoms with Crippen molar-refractivity contribution in [3.05, 3.63) is 89.5 Å². The quantitative estimate of drug-likeness (QED) is 0.395. The maximum absolute atomic E-state index is 12.2. The highest BCUT2D eigenvalue weighted by molar-refractivity contribution is 6.05. The number of nitrogens with one attached hydrogen (secondary N) is 2. The first-order valence-corrected chi connectivity index (χ1v) is 8.77. The summed E-state index contributed by atoms with van der Waals surface area (Å²) in [4.78, 5) is 24.3. The predicted molar refractivity (Wildman–Crippen MR) is 110 cm³/mol. The molecule has 0 radical (unpaired) electrons. The van der Waals surface area contributed by atoms with Crippen LogP contribution in [-0.2, 0) is 0 Å². The lowest BCUT2D eigenvalue weighted by atomic mass is 10.1. The van der Waals surface area contributed by atoms with Gasteiger partial charge in [-0.05, 0) is 48.9 Å². The highest BCUT2D eigenvalue weighted by Gasteiger charge is 2.09. The second-order valence-electron chi connectivity index (χ2n) is 6.27. The molecule has 7 nitrogen and oxygen atoms in total. The minimum Gasteiger partial charge on any atom is -0.508 e. The summed E-state index contributed by atoms with van der Waals surface area (Å²) in [5, 5.41) is 25.8. The zero-order valence-corrected chi connectivity index (χ0v) is 15.6. The Labute approximate surface area is 167 Å². The van der Waals surface area contributed by atoms with E-state index < -0.39 is 5.91 Å². The lowest BCUT2D eigenvalue weighted by Crippen LogP contribution is -2.19. The summed E-state index contributed by atoms with van der Waals surface area (Å²) in [5.41, 5.74) is 4.95. The van der Waals surface area contributed by atoms with E-state index in [0.717, 1.165) is 11.6 Å². The molecule has 3 aromatic carbocycles. The first kappa shape index (κ1) is 19.6. The fourth-order valence-electron chi connectivity index (χ4n) is 2.58. The van der Waals surface area contributed by atoms with Crippen LogP contribution in [0, 0.1) is 0 Å². The van der Waals surface area contributed by atoms with E-state index in [1.54, 1.807) is 55.5 Å². The molecule has 0 fully saturated rings. The van der Waals surface area contributed by atoms with Crippen molar-refractivity contribution in [3.8, 4) is 11.5 Å². The molecule has 3 aromatic rings. The Bertz CT molecular complexity index is 1040. The monoisotopic (exact) mass is 389 g/mol. The Kier molecular flexibility index (Phi) is 5.89. The van der Waals surface area contributed by atoms with E-state index in [2.05, 4.69) is 15.8 Å². The Morgan fingerprint density at radius 3 is 2.00 bits per heavy atom. The Hall–Kier alpha value is -4.13. The number of nitrogens with zero attached hydrogens (tertiary/aromatic N) is 1. The summed E-state index contributed by atoms with van der Waals surface area (Å²) < 4.78 is 0. The second-order valence-corrected chi connectivity index (χ2v) is 6.27. The number of benzene rings is 3. The SMILES string of the molecule is C/C(=N\NC(=O)c1cc(O)cc(O)c1)c1ccc(NC(=O)c2ccccc2)cc1. The minimum absolute atomic E-state index is 0.0815.